The van der Waals surface area contributed by atoms with Crippen molar-refractivity contribution in [1.29, 1.82) is 0 Å². The van der Waals surface area contributed by atoms with Crippen LogP contribution in [-0.2, 0) is 9.53 Å². The Kier molecular flexibility index (Phi) is 1.41. The predicted octanol–water partition coefficient (Wildman–Crippen LogP) is 1.37. The molecule has 0 unspecified atom stereocenters. The maximum atomic E-state index is 12.6. The number of rotatable bonds is 2. The second-order valence-electron chi connectivity index (χ2n) is 4.67. The van der Waals surface area contributed by atoms with E-state index in [0.29, 0.717) is 12.8 Å². The van der Waals surface area contributed by atoms with E-state index in [1.165, 1.54) is 0 Å². The van der Waals surface area contributed by atoms with Crippen LogP contribution in [0.25, 0.3) is 0 Å². The first kappa shape index (κ1) is 8.94. The van der Waals surface area contributed by atoms with Crippen LogP contribution in [0.15, 0.2) is 0 Å². The zero-order chi connectivity index (χ0) is 9.91. The van der Waals surface area contributed by atoms with Crippen molar-refractivity contribution in [2.24, 2.45) is 5.41 Å². The van der Waals surface area contributed by atoms with Gasteiger partial charge in [0.15, 0.2) is 0 Å². The topological polar surface area (TPSA) is 46.5 Å². The average Bonchev–Trinajstić information content (AvgIpc) is 2.29. The lowest BCUT2D eigenvalue weighted by molar-refractivity contribution is -0.157. The molecule has 0 amide bonds. The fraction of sp³-hybridized carbons (Fsp3) is 0.889. The molecule has 3 aliphatic rings. The molecule has 0 radical (unpaired) electrons. The van der Waals surface area contributed by atoms with Crippen LogP contribution in [0.5, 0.6) is 0 Å². The van der Waals surface area contributed by atoms with E-state index in [9.17, 15) is 9.18 Å². The average molecular weight is 188 g/mol. The maximum Gasteiger partial charge on any atom is 0.312 e. The first-order valence-electron chi connectivity index (χ1n) is 4.37. The molecule has 13 heavy (non-hydrogen) atoms. The molecule has 2 heterocycles. The van der Waals surface area contributed by atoms with E-state index in [1.54, 1.807) is 13.8 Å². The third-order valence-electron chi connectivity index (χ3n) is 3.52. The highest BCUT2D eigenvalue weighted by molar-refractivity contribution is 5.79. The number of hydrogen-bond acceptors (Lipinski definition) is 2. The van der Waals surface area contributed by atoms with Gasteiger partial charge in [-0.05, 0) is 26.7 Å². The van der Waals surface area contributed by atoms with E-state index in [2.05, 4.69) is 0 Å². The number of carbonyl (C=O) groups is 1. The lowest BCUT2D eigenvalue weighted by atomic mass is 9.57. The largest absolute Gasteiger partial charge is 0.481 e. The molecule has 3 rings (SSSR count). The van der Waals surface area contributed by atoms with Crippen molar-refractivity contribution in [2.75, 3.05) is 6.67 Å². The Morgan fingerprint density at radius 3 is 2.31 bits per heavy atom. The van der Waals surface area contributed by atoms with E-state index in [-0.39, 0.29) is 0 Å². The number of carboxylic acid groups (broad SMARTS) is 1. The Balaban J connectivity index is 2.33. The Labute approximate surface area is 75.9 Å². The summed E-state index contributed by atoms with van der Waals surface area (Å²) in [7, 11) is 0. The molecule has 3 fully saturated rings. The van der Waals surface area contributed by atoms with E-state index >= 15 is 0 Å². The highest BCUT2D eigenvalue weighted by Gasteiger charge is 2.75. The minimum absolute atomic E-state index is 0.318. The number of halogens is 1. The molecule has 4 heteroatoms. The first-order chi connectivity index (χ1) is 5.88. The maximum absolute atomic E-state index is 12.6. The van der Waals surface area contributed by atoms with E-state index in [4.69, 9.17) is 9.84 Å². The molecular weight excluding hydrogens is 175 g/mol. The molecule has 0 spiro atoms. The molecule has 2 bridgehead atoms. The van der Waals surface area contributed by atoms with Gasteiger partial charge in [-0.3, -0.25) is 4.79 Å². The van der Waals surface area contributed by atoms with Crippen LogP contribution in [0.2, 0.25) is 0 Å². The second-order valence-corrected chi connectivity index (χ2v) is 4.67. The quantitative estimate of drug-likeness (QED) is 0.711. The summed E-state index contributed by atoms with van der Waals surface area (Å²) in [6.45, 7) is 2.88. The van der Waals surface area contributed by atoms with Crippen LogP contribution in [0.1, 0.15) is 26.7 Å². The van der Waals surface area contributed by atoms with Crippen LogP contribution in [0.4, 0.5) is 4.39 Å². The fourth-order valence-electron chi connectivity index (χ4n) is 2.72. The highest BCUT2D eigenvalue weighted by Crippen LogP contribution is 2.66. The normalized spacial score (nSPS) is 45.8. The SMILES string of the molecule is CC1(C)OC2(CF)CC1(C(=O)O)C2. The van der Waals surface area contributed by atoms with E-state index in [0.717, 1.165) is 0 Å². The van der Waals surface area contributed by atoms with Gasteiger partial charge in [0, 0.05) is 0 Å². The minimum Gasteiger partial charge on any atom is -0.481 e. The second kappa shape index (κ2) is 2.05. The Bertz CT molecular complexity index is 266. The monoisotopic (exact) mass is 188 g/mol. The van der Waals surface area contributed by atoms with Gasteiger partial charge in [-0.15, -0.1) is 0 Å². The Morgan fingerprint density at radius 1 is 1.54 bits per heavy atom. The zero-order valence-corrected chi connectivity index (χ0v) is 7.76. The number of fused-ring (bicyclic) bond motifs is 1. The lowest BCUT2D eigenvalue weighted by Gasteiger charge is -2.41. The van der Waals surface area contributed by atoms with Crippen LogP contribution in [-0.4, -0.2) is 29.0 Å². The molecule has 0 aromatic heterocycles. The zero-order valence-electron chi connectivity index (χ0n) is 7.76. The van der Waals surface area contributed by atoms with Crippen molar-refractivity contribution in [2.45, 2.75) is 37.9 Å². The molecular formula is C9H13FO3. The van der Waals surface area contributed by atoms with Gasteiger partial charge in [-0.25, -0.2) is 4.39 Å². The number of hydrogen-bond donors (Lipinski definition) is 1. The summed E-state index contributed by atoms with van der Waals surface area (Å²) in [4.78, 5) is 11.0. The summed E-state index contributed by atoms with van der Waals surface area (Å²) in [6, 6.07) is 0. The molecule has 1 N–H and O–H groups in total. The van der Waals surface area contributed by atoms with Crippen LogP contribution >= 0.6 is 0 Å². The van der Waals surface area contributed by atoms with Crippen molar-refractivity contribution in [3.8, 4) is 0 Å². The summed E-state index contributed by atoms with van der Waals surface area (Å²) >= 11 is 0. The third kappa shape index (κ3) is 0.796. The predicted molar refractivity (Wildman–Crippen MR) is 43.2 cm³/mol. The van der Waals surface area contributed by atoms with Gasteiger partial charge in [-0.2, -0.15) is 0 Å². The number of ether oxygens (including phenoxy) is 1. The molecule has 2 saturated heterocycles. The van der Waals surface area contributed by atoms with Crippen molar-refractivity contribution in [3.63, 3.8) is 0 Å². The van der Waals surface area contributed by atoms with Gasteiger partial charge in [0.2, 0.25) is 0 Å². The number of carboxylic acids is 1. The van der Waals surface area contributed by atoms with Gasteiger partial charge < -0.3 is 9.84 Å². The third-order valence-corrected chi connectivity index (χ3v) is 3.52. The fourth-order valence-corrected chi connectivity index (χ4v) is 2.72. The van der Waals surface area contributed by atoms with Gasteiger partial charge in [0.05, 0.1) is 11.2 Å². The molecule has 1 aliphatic carbocycles. The first-order valence-corrected chi connectivity index (χ1v) is 4.37. The summed E-state index contributed by atoms with van der Waals surface area (Å²) in [5.74, 6) is -0.862. The molecule has 3 nitrogen and oxygen atoms in total. The van der Waals surface area contributed by atoms with Gasteiger partial charge in [-0.1, -0.05) is 0 Å². The van der Waals surface area contributed by atoms with Crippen molar-refractivity contribution >= 4 is 5.97 Å². The summed E-state index contributed by atoms with van der Waals surface area (Å²) in [5, 5.41) is 9.05. The Morgan fingerprint density at radius 2 is 2.08 bits per heavy atom. The van der Waals surface area contributed by atoms with E-state index < -0.39 is 29.3 Å². The van der Waals surface area contributed by atoms with Crippen LogP contribution < -0.4 is 0 Å². The minimum atomic E-state index is -0.862. The van der Waals surface area contributed by atoms with Gasteiger partial charge in [0.25, 0.3) is 0 Å². The number of alkyl halides is 1. The molecule has 0 aromatic carbocycles. The van der Waals surface area contributed by atoms with Crippen LogP contribution in [0.3, 0.4) is 0 Å². The highest BCUT2D eigenvalue weighted by atomic mass is 19.1. The van der Waals surface area contributed by atoms with Gasteiger partial charge >= 0.3 is 5.97 Å². The van der Waals surface area contributed by atoms with Crippen molar-refractivity contribution in [1.82, 2.24) is 0 Å². The molecule has 74 valence electrons. The smallest absolute Gasteiger partial charge is 0.312 e. The van der Waals surface area contributed by atoms with E-state index in [1.807, 2.05) is 0 Å². The Hall–Kier alpha value is -0.640. The van der Waals surface area contributed by atoms with Crippen molar-refractivity contribution < 1.29 is 19.0 Å². The lowest BCUT2D eigenvalue weighted by Crippen LogP contribution is -2.53. The van der Waals surface area contributed by atoms with Crippen molar-refractivity contribution in [3.05, 3.63) is 0 Å². The molecule has 1 saturated carbocycles. The summed E-state index contributed by atoms with van der Waals surface area (Å²) in [5.41, 5.74) is -2.37. The standard InChI is InChI=1S/C9H13FO3/c1-7(2)9(6(11)12)3-8(4-9,5-10)13-7/h3-5H2,1-2H3,(H,11,12). The summed E-state index contributed by atoms with van der Waals surface area (Å²) in [6.07, 6.45) is 0.637. The van der Waals surface area contributed by atoms with Crippen LogP contribution in [0, 0.1) is 5.41 Å². The van der Waals surface area contributed by atoms with Gasteiger partial charge in [0.1, 0.15) is 12.1 Å². The summed E-state index contributed by atoms with van der Waals surface area (Å²) < 4.78 is 18.0. The molecule has 0 atom stereocenters. The molecule has 0 aromatic rings. The number of aliphatic carboxylic acids is 1. The molecule has 2 aliphatic heterocycles.